The lowest BCUT2D eigenvalue weighted by Gasteiger charge is -2.05. The third-order valence-corrected chi connectivity index (χ3v) is 4.39. The van der Waals surface area contributed by atoms with Crippen LogP contribution in [0.1, 0.15) is 16.8 Å². The van der Waals surface area contributed by atoms with E-state index in [1.807, 2.05) is 12.1 Å². The Balaban J connectivity index is 1.78. The molecule has 0 saturated carbocycles. The van der Waals surface area contributed by atoms with E-state index in [9.17, 15) is 18.0 Å². The van der Waals surface area contributed by atoms with Crippen molar-refractivity contribution >= 4 is 17.2 Å². The SMILES string of the molecule is O=c1[nH][n+]2c(Cc3ccc(Cl)nc3)cccc2n1-c1ccc(C(F)(F)F)cn1. The molecule has 0 aliphatic rings. The quantitative estimate of drug-likeness (QED) is 0.420. The Hall–Kier alpha value is -3.20. The summed E-state index contributed by atoms with van der Waals surface area (Å²) in [5.41, 5.74) is 0.674. The van der Waals surface area contributed by atoms with Gasteiger partial charge in [-0.15, -0.1) is 14.2 Å². The fourth-order valence-electron chi connectivity index (χ4n) is 2.86. The fourth-order valence-corrected chi connectivity index (χ4v) is 2.97. The van der Waals surface area contributed by atoms with Gasteiger partial charge < -0.3 is 0 Å². The Kier molecular flexibility index (Phi) is 4.38. The van der Waals surface area contributed by atoms with Crippen LogP contribution in [0.2, 0.25) is 5.15 Å². The minimum Gasteiger partial charge on any atom is -0.244 e. The summed E-state index contributed by atoms with van der Waals surface area (Å²) in [6.07, 6.45) is -1.69. The van der Waals surface area contributed by atoms with Crippen molar-refractivity contribution in [1.29, 1.82) is 0 Å². The van der Waals surface area contributed by atoms with Gasteiger partial charge in [0.1, 0.15) is 10.8 Å². The molecule has 0 fully saturated rings. The molecule has 28 heavy (non-hydrogen) atoms. The van der Waals surface area contributed by atoms with Gasteiger partial charge in [0.2, 0.25) is 5.82 Å². The molecule has 0 aromatic carbocycles. The first-order chi connectivity index (χ1) is 13.3. The summed E-state index contributed by atoms with van der Waals surface area (Å²) < 4.78 is 41.0. The minimum absolute atomic E-state index is 0.0852. The van der Waals surface area contributed by atoms with E-state index in [1.54, 1.807) is 28.9 Å². The van der Waals surface area contributed by atoms with Crippen LogP contribution in [0.4, 0.5) is 13.2 Å². The number of hydrogen-bond donors (Lipinski definition) is 1. The monoisotopic (exact) mass is 406 g/mol. The second-order valence-electron chi connectivity index (χ2n) is 6.03. The standard InChI is InChI=1S/C18H11ClF3N5O/c19-14-6-4-11(9-23-14)8-13-2-1-3-16-26(17(28)25-27(13)16)15-7-5-12(10-24-15)18(20,21)22/h1-7,9-10H,8H2/p+1. The van der Waals surface area contributed by atoms with Crippen LogP contribution in [0.3, 0.4) is 0 Å². The van der Waals surface area contributed by atoms with Crippen molar-refractivity contribution < 1.29 is 17.7 Å². The summed E-state index contributed by atoms with van der Waals surface area (Å²) in [7, 11) is 0. The maximum Gasteiger partial charge on any atom is 0.451 e. The van der Waals surface area contributed by atoms with Gasteiger partial charge in [0, 0.05) is 30.9 Å². The molecule has 142 valence electrons. The van der Waals surface area contributed by atoms with E-state index in [0.717, 1.165) is 23.4 Å². The highest BCUT2D eigenvalue weighted by Crippen LogP contribution is 2.28. The molecule has 6 nitrogen and oxygen atoms in total. The van der Waals surface area contributed by atoms with E-state index < -0.39 is 17.4 Å². The van der Waals surface area contributed by atoms with Gasteiger partial charge in [-0.3, -0.25) is 0 Å². The molecule has 0 amide bonds. The van der Waals surface area contributed by atoms with Crippen LogP contribution in [0.25, 0.3) is 11.5 Å². The van der Waals surface area contributed by atoms with Gasteiger partial charge in [0.15, 0.2) is 0 Å². The summed E-state index contributed by atoms with van der Waals surface area (Å²) >= 11 is 5.80. The summed E-state index contributed by atoms with van der Waals surface area (Å²) in [5, 5.41) is 3.06. The average molecular weight is 407 g/mol. The summed E-state index contributed by atoms with van der Waals surface area (Å²) in [6, 6.07) is 10.8. The van der Waals surface area contributed by atoms with Crippen LogP contribution in [0, 0.1) is 0 Å². The summed E-state index contributed by atoms with van der Waals surface area (Å²) in [6.45, 7) is 0. The molecular formula is C18H12ClF3N5O+. The molecule has 0 saturated heterocycles. The second-order valence-corrected chi connectivity index (χ2v) is 6.42. The van der Waals surface area contributed by atoms with Gasteiger partial charge in [0.05, 0.1) is 5.56 Å². The highest BCUT2D eigenvalue weighted by Gasteiger charge is 2.31. The number of H-pyrrole nitrogens is 1. The Morgan fingerprint density at radius 1 is 1.07 bits per heavy atom. The van der Waals surface area contributed by atoms with E-state index in [4.69, 9.17) is 11.6 Å². The van der Waals surface area contributed by atoms with Crippen molar-refractivity contribution in [2.24, 2.45) is 0 Å². The van der Waals surface area contributed by atoms with E-state index in [-0.39, 0.29) is 5.82 Å². The molecule has 4 rings (SSSR count). The van der Waals surface area contributed by atoms with Gasteiger partial charge in [-0.2, -0.15) is 13.2 Å². The lowest BCUT2D eigenvalue weighted by Crippen LogP contribution is -2.31. The molecule has 4 aromatic heterocycles. The number of aromatic nitrogens is 5. The number of rotatable bonds is 3. The molecule has 4 aromatic rings. The van der Waals surface area contributed by atoms with Crippen molar-refractivity contribution in [3.8, 4) is 5.82 Å². The van der Waals surface area contributed by atoms with Crippen LogP contribution >= 0.6 is 11.6 Å². The lowest BCUT2D eigenvalue weighted by atomic mass is 10.1. The predicted molar refractivity (Wildman–Crippen MR) is 94.4 cm³/mol. The van der Waals surface area contributed by atoms with Gasteiger partial charge in [-0.1, -0.05) is 23.7 Å². The third-order valence-electron chi connectivity index (χ3n) is 4.17. The van der Waals surface area contributed by atoms with Gasteiger partial charge in [-0.05, 0) is 23.8 Å². The van der Waals surface area contributed by atoms with Crippen LogP contribution in [0.15, 0.2) is 59.7 Å². The molecule has 0 bridgehead atoms. The molecule has 10 heteroatoms. The Morgan fingerprint density at radius 3 is 2.54 bits per heavy atom. The smallest absolute Gasteiger partial charge is 0.244 e. The van der Waals surface area contributed by atoms with E-state index in [2.05, 4.69) is 15.1 Å². The molecule has 4 heterocycles. The zero-order valence-electron chi connectivity index (χ0n) is 14.1. The molecule has 0 radical (unpaired) electrons. The van der Waals surface area contributed by atoms with E-state index >= 15 is 0 Å². The maximum absolute atomic E-state index is 12.7. The Labute approximate surface area is 160 Å². The minimum atomic E-state index is -4.49. The normalized spacial score (nSPS) is 11.9. The first-order valence-corrected chi connectivity index (χ1v) is 8.49. The molecule has 0 aliphatic heterocycles. The van der Waals surface area contributed by atoms with Gasteiger partial charge >= 0.3 is 17.5 Å². The number of halogens is 4. The van der Waals surface area contributed by atoms with Crippen LogP contribution in [-0.2, 0) is 12.6 Å². The van der Waals surface area contributed by atoms with Crippen LogP contribution in [-0.4, -0.2) is 19.6 Å². The molecule has 0 aliphatic carbocycles. The first-order valence-electron chi connectivity index (χ1n) is 8.12. The first kappa shape index (κ1) is 18.2. The molecule has 1 N–H and O–H groups in total. The fraction of sp³-hybridized carbons (Fsp3) is 0.111. The van der Waals surface area contributed by atoms with Crippen LogP contribution in [0.5, 0.6) is 0 Å². The van der Waals surface area contributed by atoms with E-state index in [0.29, 0.717) is 23.4 Å². The molecular weight excluding hydrogens is 395 g/mol. The topological polar surface area (TPSA) is 67.7 Å². The van der Waals surface area contributed by atoms with Crippen molar-refractivity contribution in [3.05, 3.63) is 87.3 Å². The Morgan fingerprint density at radius 2 is 1.89 bits per heavy atom. The number of alkyl halides is 3. The molecule has 0 spiro atoms. The van der Waals surface area contributed by atoms with Crippen molar-refractivity contribution in [2.75, 3.05) is 0 Å². The van der Waals surface area contributed by atoms with Gasteiger partial charge in [0.25, 0.3) is 0 Å². The van der Waals surface area contributed by atoms with Gasteiger partial charge in [-0.25, -0.2) is 14.8 Å². The zero-order chi connectivity index (χ0) is 19.9. The maximum atomic E-state index is 12.7. The number of nitrogens with one attached hydrogen (secondary N) is 1. The Bertz CT molecular complexity index is 1200. The summed E-state index contributed by atoms with van der Waals surface area (Å²) in [5.74, 6) is 0.0852. The van der Waals surface area contributed by atoms with Crippen molar-refractivity contribution in [1.82, 2.24) is 19.6 Å². The highest BCUT2D eigenvalue weighted by molar-refractivity contribution is 6.29. The third kappa shape index (κ3) is 3.36. The lowest BCUT2D eigenvalue weighted by molar-refractivity contribution is -0.587. The summed E-state index contributed by atoms with van der Waals surface area (Å²) in [4.78, 5) is 20.3. The zero-order valence-corrected chi connectivity index (χ0v) is 14.9. The number of fused-ring (bicyclic) bond motifs is 1. The predicted octanol–water partition coefficient (Wildman–Crippen LogP) is 2.96. The second kappa shape index (κ2) is 6.75. The average Bonchev–Trinajstić information content (AvgIpc) is 3.00. The largest absolute Gasteiger partial charge is 0.451 e. The van der Waals surface area contributed by atoms with Crippen molar-refractivity contribution in [3.63, 3.8) is 0 Å². The molecule has 0 unspecified atom stereocenters. The molecule has 0 atom stereocenters. The number of hydrogen-bond acceptors (Lipinski definition) is 3. The van der Waals surface area contributed by atoms with Crippen LogP contribution < -0.4 is 10.2 Å². The highest BCUT2D eigenvalue weighted by atomic mass is 35.5. The number of nitrogens with zero attached hydrogens (tertiary/aromatic N) is 4. The number of pyridine rings is 3. The van der Waals surface area contributed by atoms with Crippen molar-refractivity contribution in [2.45, 2.75) is 12.6 Å². The van der Waals surface area contributed by atoms with E-state index in [1.165, 1.54) is 4.57 Å². The number of aromatic amines is 1.